The summed E-state index contributed by atoms with van der Waals surface area (Å²) in [6, 6.07) is 152. The van der Waals surface area contributed by atoms with Crippen LogP contribution in [0.15, 0.2) is 400 Å². The third-order valence-corrected chi connectivity index (χ3v) is 26.2. The first-order chi connectivity index (χ1) is 58.5. The molecule has 118 heavy (non-hydrogen) atoms. The number of benzene rings is 20. The number of para-hydroxylation sites is 2. The molecule has 0 N–H and O–H groups in total. The van der Waals surface area contributed by atoms with Crippen molar-refractivity contribution in [2.45, 2.75) is 76.0 Å². The Hall–Kier alpha value is -13.9. The van der Waals surface area contributed by atoms with E-state index in [-0.39, 0.29) is 0 Å². The van der Waals surface area contributed by atoms with Crippen molar-refractivity contribution in [1.29, 1.82) is 0 Å². The molecule has 0 unspecified atom stereocenters. The van der Waals surface area contributed by atoms with Gasteiger partial charge in [-0.2, -0.15) is 0 Å². The zero-order chi connectivity index (χ0) is 78.0. The van der Waals surface area contributed by atoms with Crippen molar-refractivity contribution in [3.05, 3.63) is 412 Å². The van der Waals surface area contributed by atoms with Crippen molar-refractivity contribution in [2.75, 3.05) is 9.80 Å². The van der Waals surface area contributed by atoms with E-state index in [1.54, 1.807) is 0 Å². The van der Waals surface area contributed by atoms with Crippen molar-refractivity contribution >= 4 is 120 Å². The van der Waals surface area contributed by atoms with Gasteiger partial charge >= 0.3 is 0 Å². The van der Waals surface area contributed by atoms with Crippen LogP contribution in [0.1, 0.15) is 87.2 Å². The largest absolute Gasteiger partial charge is 0.310 e. The molecule has 0 bridgehead atoms. The molecule has 2 saturated carbocycles. The van der Waals surface area contributed by atoms with Gasteiger partial charge in [0.25, 0.3) is 0 Å². The summed E-state index contributed by atoms with van der Waals surface area (Å²) in [5.41, 5.74) is 26.8. The molecule has 0 saturated heterocycles. The van der Waals surface area contributed by atoms with Crippen molar-refractivity contribution in [3.8, 4) is 77.9 Å². The zero-order valence-corrected chi connectivity index (χ0v) is 66.2. The Labute approximate surface area is 690 Å². The Morgan fingerprint density at radius 1 is 0.169 bits per heavy atom. The number of nitrogens with zero attached hydrogens (tertiary/aromatic N) is 2. The summed E-state index contributed by atoms with van der Waals surface area (Å²) < 4.78 is 0. The first kappa shape index (κ1) is 70.7. The second kappa shape index (κ2) is 30.4. The lowest BCUT2D eigenvalue weighted by molar-refractivity contribution is 0.445. The summed E-state index contributed by atoms with van der Waals surface area (Å²) in [4.78, 5) is 5.03. The van der Waals surface area contributed by atoms with Crippen molar-refractivity contribution in [3.63, 3.8) is 0 Å². The van der Waals surface area contributed by atoms with Crippen LogP contribution in [0.5, 0.6) is 0 Å². The molecule has 2 aliphatic rings. The van der Waals surface area contributed by atoms with E-state index in [0.717, 1.165) is 47.0 Å². The van der Waals surface area contributed by atoms with Crippen LogP contribution in [0.2, 0.25) is 0 Å². The van der Waals surface area contributed by atoms with Crippen LogP contribution in [0.4, 0.5) is 34.1 Å². The van der Waals surface area contributed by atoms with Gasteiger partial charge in [0.05, 0.1) is 17.1 Å². The lowest BCUT2D eigenvalue weighted by Crippen LogP contribution is -2.12. The van der Waals surface area contributed by atoms with Gasteiger partial charge in [0.1, 0.15) is 0 Å². The summed E-state index contributed by atoms with van der Waals surface area (Å²) in [5, 5.41) is 20.3. The Balaban J connectivity index is 0.665. The summed E-state index contributed by atoms with van der Waals surface area (Å²) in [6.45, 7) is 0. The lowest BCUT2D eigenvalue weighted by Gasteiger charge is -2.30. The SMILES string of the molecule is c1ccc(N(c2ccc(-c3ccc(-c4cccc5ccccc45)cc3)cc2)c2ccc(-c3cccc4c3ccc3ccccc34)cc2)c(-c2cccc3cc(-c4ccc(-c5ccc(N(c6ccccc6-c6cccc7cccc(C8CCCCC8)c67)c6cccc7ccccc67)cc5)c5ccc6ccccc6c45)cc(C4CCCCC4)c23)c1. The molecular weight excluding hydrogens is 1420 g/mol. The third kappa shape index (κ3) is 12.7. The van der Waals surface area contributed by atoms with E-state index >= 15 is 0 Å². The van der Waals surface area contributed by atoms with Crippen LogP contribution in [0.25, 0.3) is 164 Å². The quantitative estimate of drug-likeness (QED) is 0.0944. The minimum atomic E-state index is 0.390. The van der Waals surface area contributed by atoms with E-state index in [1.165, 1.54) is 227 Å². The molecule has 20 aromatic carbocycles. The first-order valence-corrected chi connectivity index (χ1v) is 42.7. The van der Waals surface area contributed by atoms with Crippen LogP contribution in [0, 0.1) is 0 Å². The number of fused-ring (bicyclic) bond motifs is 10. The first-order valence-electron chi connectivity index (χ1n) is 42.7. The molecule has 2 heteroatoms. The van der Waals surface area contributed by atoms with E-state index in [2.05, 4.69) is 410 Å². The Morgan fingerprint density at radius 2 is 0.542 bits per heavy atom. The Bertz CT molecular complexity index is 7230. The summed E-state index contributed by atoms with van der Waals surface area (Å²) in [5.74, 6) is 0.946. The molecule has 2 aliphatic carbocycles. The summed E-state index contributed by atoms with van der Waals surface area (Å²) >= 11 is 0. The van der Waals surface area contributed by atoms with Crippen LogP contribution >= 0.6 is 0 Å². The molecule has 22 rings (SSSR count). The molecule has 0 heterocycles. The molecule has 0 amide bonds. The fraction of sp³-hybridized carbons (Fsp3) is 0.103. The van der Waals surface area contributed by atoms with E-state index in [0.29, 0.717) is 11.8 Å². The highest BCUT2D eigenvalue weighted by Crippen LogP contribution is 2.52. The number of rotatable bonds is 15. The van der Waals surface area contributed by atoms with Crippen LogP contribution in [-0.4, -0.2) is 0 Å². The summed E-state index contributed by atoms with van der Waals surface area (Å²) in [6.07, 6.45) is 12.4. The maximum Gasteiger partial charge on any atom is 0.0540 e. The number of anilines is 6. The van der Waals surface area contributed by atoms with Gasteiger partial charge in [-0.1, -0.05) is 378 Å². The van der Waals surface area contributed by atoms with Crippen LogP contribution < -0.4 is 9.80 Å². The second-order valence-corrected chi connectivity index (χ2v) is 32.9. The fourth-order valence-electron chi connectivity index (χ4n) is 20.6. The second-order valence-electron chi connectivity index (χ2n) is 32.9. The van der Waals surface area contributed by atoms with E-state index in [4.69, 9.17) is 0 Å². The topological polar surface area (TPSA) is 6.48 Å². The molecule has 0 spiro atoms. The molecule has 0 aliphatic heterocycles. The maximum absolute atomic E-state index is 2.63. The zero-order valence-electron chi connectivity index (χ0n) is 66.2. The monoisotopic (exact) mass is 1510 g/mol. The van der Waals surface area contributed by atoms with Gasteiger partial charge in [0, 0.05) is 33.6 Å². The average molecular weight is 1510 g/mol. The minimum absolute atomic E-state index is 0.390. The molecular formula is C116H88N2. The van der Waals surface area contributed by atoms with Gasteiger partial charge in [-0.05, 0) is 257 Å². The van der Waals surface area contributed by atoms with Crippen molar-refractivity contribution in [1.82, 2.24) is 0 Å². The van der Waals surface area contributed by atoms with Crippen molar-refractivity contribution < 1.29 is 0 Å². The molecule has 2 nitrogen and oxygen atoms in total. The third-order valence-electron chi connectivity index (χ3n) is 26.2. The summed E-state index contributed by atoms with van der Waals surface area (Å²) in [7, 11) is 0. The highest BCUT2D eigenvalue weighted by atomic mass is 15.2. The van der Waals surface area contributed by atoms with Gasteiger partial charge in [0.2, 0.25) is 0 Å². The molecule has 20 aromatic rings. The Morgan fingerprint density at radius 3 is 1.17 bits per heavy atom. The highest BCUT2D eigenvalue weighted by Gasteiger charge is 2.28. The number of hydrogen-bond donors (Lipinski definition) is 0. The maximum atomic E-state index is 2.63. The number of hydrogen-bond acceptors (Lipinski definition) is 2. The van der Waals surface area contributed by atoms with E-state index in [9.17, 15) is 0 Å². The molecule has 562 valence electrons. The standard InChI is InChI=1S/C116H88N2/c1-3-25-81(26-4-1)100-46-20-35-88-36-21-48-107(114(88)100)106-43-16-18-51-113(106)118(111-52-23-34-80-30-9-13-40-99(80)111)93-69-61-87(62-70-93)98-73-74-102(116-101-41-14-10-32-84(101)64-72-109(98)116)90-75-89-37-22-49-108(115(89)110(76-90)82-27-5-2-6-28-82)105-42-15-17-50-112(105)117(92-67-59-86(60-68-92)97-45-24-47-103-96-39-12-8-31-83(96)63-71-104(97)103)91-65-57-78(58-66-91)77-53-55-85(56-54-77)95-44-19-33-79-29-7-11-38-94(79)95/h7-24,29-76,81-82H,1-6,25-28H2. The van der Waals surface area contributed by atoms with Gasteiger partial charge in [-0.3, -0.25) is 0 Å². The van der Waals surface area contributed by atoms with E-state index in [1.807, 2.05) is 0 Å². The molecule has 0 radical (unpaired) electrons. The van der Waals surface area contributed by atoms with Gasteiger partial charge in [-0.15, -0.1) is 0 Å². The van der Waals surface area contributed by atoms with E-state index < -0.39 is 0 Å². The Kier molecular flexibility index (Phi) is 18.2. The molecule has 0 aromatic heterocycles. The fourth-order valence-corrected chi connectivity index (χ4v) is 20.6. The van der Waals surface area contributed by atoms with Crippen molar-refractivity contribution in [2.24, 2.45) is 0 Å². The predicted octanol–water partition coefficient (Wildman–Crippen LogP) is 33.6. The predicted molar refractivity (Wildman–Crippen MR) is 506 cm³/mol. The van der Waals surface area contributed by atoms with Crippen LogP contribution in [-0.2, 0) is 0 Å². The smallest absolute Gasteiger partial charge is 0.0540 e. The highest BCUT2D eigenvalue weighted by molar-refractivity contribution is 6.20. The molecule has 0 atom stereocenters. The molecule has 2 fully saturated rings. The van der Waals surface area contributed by atoms with Gasteiger partial charge < -0.3 is 9.80 Å². The average Bonchev–Trinajstić information content (AvgIpc) is 0.726. The van der Waals surface area contributed by atoms with Gasteiger partial charge in [0.15, 0.2) is 0 Å². The van der Waals surface area contributed by atoms with Gasteiger partial charge in [-0.25, -0.2) is 0 Å². The lowest BCUT2D eigenvalue weighted by atomic mass is 9.78. The van der Waals surface area contributed by atoms with Crippen LogP contribution in [0.3, 0.4) is 0 Å². The minimum Gasteiger partial charge on any atom is -0.310 e. The normalized spacial score (nSPS) is 13.5.